The van der Waals surface area contributed by atoms with Gasteiger partial charge < -0.3 is 14.9 Å². The number of thiophene rings is 1. The number of imidazole rings is 1. The molecule has 0 spiro atoms. The highest BCUT2D eigenvalue weighted by Gasteiger charge is 2.16. The van der Waals surface area contributed by atoms with Crippen molar-refractivity contribution >= 4 is 22.2 Å². The number of nitrogens with zero attached hydrogens (tertiary/aromatic N) is 1. The zero-order chi connectivity index (χ0) is 11.7. The van der Waals surface area contributed by atoms with Gasteiger partial charge in [-0.25, -0.2) is 4.79 Å². The average molecular weight is 237 g/mol. The van der Waals surface area contributed by atoms with Gasteiger partial charge in [-0.1, -0.05) is 0 Å². The molecule has 0 aliphatic rings. The van der Waals surface area contributed by atoms with E-state index in [1.165, 1.54) is 22.4 Å². The molecule has 2 aromatic heterocycles. The highest BCUT2D eigenvalue weighted by Crippen LogP contribution is 2.24. The lowest BCUT2D eigenvalue weighted by atomic mass is 10.3. The van der Waals surface area contributed by atoms with E-state index in [2.05, 4.69) is 9.97 Å². The summed E-state index contributed by atoms with van der Waals surface area (Å²) in [5.41, 5.74) is 1.000. The Labute approximate surface area is 95.7 Å². The molecule has 0 radical (unpaired) electrons. The highest BCUT2D eigenvalue weighted by atomic mass is 32.1. The van der Waals surface area contributed by atoms with Crippen molar-refractivity contribution in [2.45, 2.75) is 6.92 Å². The number of aromatic amines is 2. The Balaban J connectivity index is 2.26. The fraction of sp³-hybridized carbons (Fsp3) is 0.200. The van der Waals surface area contributed by atoms with Crippen LogP contribution in [-0.4, -0.2) is 22.9 Å². The van der Waals surface area contributed by atoms with E-state index in [0.717, 1.165) is 10.6 Å². The molecular formula is C10H11N3O2S. The average Bonchev–Trinajstić information content (AvgIpc) is 2.85. The van der Waals surface area contributed by atoms with Crippen LogP contribution in [0.3, 0.4) is 0 Å². The van der Waals surface area contributed by atoms with Gasteiger partial charge >= 0.3 is 5.69 Å². The molecule has 0 aliphatic heterocycles. The van der Waals surface area contributed by atoms with Gasteiger partial charge in [0.2, 0.25) is 0 Å². The van der Waals surface area contributed by atoms with Crippen LogP contribution < -0.4 is 10.6 Å². The van der Waals surface area contributed by atoms with Crippen LogP contribution in [0.2, 0.25) is 0 Å². The number of H-pyrrole nitrogens is 2. The van der Waals surface area contributed by atoms with Gasteiger partial charge in [0.05, 0.1) is 5.00 Å². The first kappa shape index (κ1) is 10.7. The number of carbonyl (C=O) groups excluding carboxylic acids is 1. The van der Waals surface area contributed by atoms with Gasteiger partial charge in [0.25, 0.3) is 5.91 Å². The summed E-state index contributed by atoms with van der Waals surface area (Å²) < 4.78 is 0. The second-order valence-corrected chi connectivity index (χ2v) is 4.37. The van der Waals surface area contributed by atoms with E-state index in [4.69, 9.17) is 0 Å². The van der Waals surface area contributed by atoms with Gasteiger partial charge in [-0.3, -0.25) is 4.79 Å². The summed E-state index contributed by atoms with van der Waals surface area (Å²) in [5, 5.41) is 2.82. The number of nitrogens with one attached hydrogen (secondary N) is 2. The number of aryl methyl sites for hydroxylation is 1. The molecule has 0 aromatic carbocycles. The third-order valence-corrected chi connectivity index (χ3v) is 3.30. The molecule has 1 amide bonds. The second-order valence-electron chi connectivity index (χ2n) is 3.48. The predicted octanol–water partition coefficient (Wildman–Crippen LogP) is 1.35. The van der Waals surface area contributed by atoms with Gasteiger partial charge in [-0.2, -0.15) is 0 Å². The van der Waals surface area contributed by atoms with Crippen molar-refractivity contribution in [1.82, 2.24) is 9.97 Å². The van der Waals surface area contributed by atoms with Crippen LogP contribution in [0.4, 0.5) is 5.00 Å². The Morgan fingerprint density at radius 3 is 2.75 bits per heavy atom. The van der Waals surface area contributed by atoms with Crippen molar-refractivity contribution in [3.05, 3.63) is 39.4 Å². The fourth-order valence-electron chi connectivity index (χ4n) is 1.32. The van der Waals surface area contributed by atoms with Crippen molar-refractivity contribution < 1.29 is 4.79 Å². The van der Waals surface area contributed by atoms with Crippen molar-refractivity contribution in [2.24, 2.45) is 0 Å². The lowest BCUT2D eigenvalue weighted by Gasteiger charge is -2.13. The molecule has 0 aliphatic carbocycles. The lowest BCUT2D eigenvalue weighted by molar-refractivity contribution is 0.0989. The third-order valence-electron chi connectivity index (χ3n) is 2.18. The normalized spacial score (nSPS) is 10.4. The Bertz CT molecular complexity index is 566. The van der Waals surface area contributed by atoms with Crippen LogP contribution in [0.25, 0.3) is 0 Å². The van der Waals surface area contributed by atoms with Gasteiger partial charge in [-0.15, -0.1) is 11.3 Å². The molecule has 6 heteroatoms. The van der Waals surface area contributed by atoms with Crippen LogP contribution in [0.5, 0.6) is 0 Å². The Kier molecular flexibility index (Phi) is 2.66. The molecule has 2 rings (SSSR count). The molecule has 0 saturated heterocycles. The molecule has 0 unspecified atom stereocenters. The molecule has 0 saturated carbocycles. The van der Waals surface area contributed by atoms with Gasteiger partial charge in [0, 0.05) is 13.2 Å². The summed E-state index contributed by atoms with van der Waals surface area (Å²) >= 11 is 1.49. The number of hydrogen-bond donors (Lipinski definition) is 2. The highest BCUT2D eigenvalue weighted by molar-refractivity contribution is 7.14. The van der Waals surface area contributed by atoms with Crippen LogP contribution >= 0.6 is 11.3 Å². The van der Waals surface area contributed by atoms with E-state index < -0.39 is 0 Å². The van der Waals surface area contributed by atoms with Crippen molar-refractivity contribution in [3.63, 3.8) is 0 Å². The van der Waals surface area contributed by atoms with E-state index in [-0.39, 0.29) is 17.3 Å². The molecule has 0 fully saturated rings. The zero-order valence-electron chi connectivity index (χ0n) is 8.90. The SMILES string of the molecule is Cc1csc(N(C)C(=O)c2c[nH]c(=O)[nH]2)c1. The topological polar surface area (TPSA) is 69.0 Å². The summed E-state index contributed by atoms with van der Waals surface area (Å²) in [6.07, 6.45) is 1.38. The Morgan fingerprint density at radius 1 is 1.50 bits per heavy atom. The molecular weight excluding hydrogens is 226 g/mol. The maximum absolute atomic E-state index is 11.9. The van der Waals surface area contributed by atoms with Crippen LogP contribution in [0.1, 0.15) is 16.1 Å². The zero-order valence-corrected chi connectivity index (χ0v) is 9.72. The van der Waals surface area contributed by atoms with Crippen molar-refractivity contribution in [1.29, 1.82) is 0 Å². The largest absolute Gasteiger partial charge is 0.323 e. The number of carbonyl (C=O) groups is 1. The van der Waals surface area contributed by atoms with Gasteiger partial charge in [0.15, 0.2) is 0 Å². The molecule has 2 heterocycles. The third kappa shape index (κ3) is 1.92. The lowest BCUT2D eigenvalue weighted by Crippen LogP contribution is -2.26. The molecule has 2 aromatic rings. The number of rotatable bonds is 2. The van der Waals surface area contributed by atoms with Crippen LogP contribution in [-0.2, 0) is 0 Å². The van der Waals surface area contributed by atoms with E-state index in [9.17, 15) is 9.59 Å². The maximum Gasteiger partial charge on any atom is 0.323 e. The van der Waals surface area contributed by atoms with Crippen molar-refractivity contribution in [2.75, 3.05) is 11.9 Å². The number of hydrogen-bond acceptors (Lipinski definition) is 3. The quantitative estimate of drug-likeness (QED) is 0.827. The van der Waals surface area contributed by atoms with Crippen LogP contribution in [0.15, 0.2) is 22.4 Å². The van der Waals surface area contributed by atoms with Gasteiger partial charge in [-0.05, 0) is 23.9 Å². The first-order valence-electron chi connectivity index (χ1n) is 4.69. The minimum Gasteiger partial charge on any atom is -0.312 e. The molecule has 2 N–H and O–H groups in total. The van der Waals surface area contributed by atoms with E-state index >= 15 is 0 Å². The Morgan fingerprint density at radius 2 is 2.25 bits per heavy atom. The van der Waals surface area contributed by atoms with E-state index in [1.54, 1.807) is 7.05 Å². The first-order valence-corrected chi connectivity index (χ1v) is 5.57. The molecule has 0 bridgehead atoms. The molecule has 5 nitrogen and oxygen atoms in total. The van der Waals surface area contributed by atoms with Crippen molar-refractivity contribution in [3.8, 4) is 0 Å². The molecule has 16 heavy (non-hydrogen) atoms. The standard InChI is InChI=1S/C10H11N3O2S/c1-6-3-8(16-5-6)13(2)9(14)7-4-11-10(15)12-7/h3-5H,1-2H3,(H2,11,12,15). The van der Waals surface area contributed by atoms with E-state index in [0.29, 0.717) is 0 Å². The minimum atomic E-state index is -0.376. The maximum atomic E-state index is 11.9. The Hall–Kier alpha value is -1.82. The van der Waals surface area contributed by atoms with Gasteiger partial charge in [0.1, 0.15) is 5.69 Å². The summed E-state index contributed by atoms with van der Waals surface area (Å²) in [6.45, 7) is 1.97. The number of amides is 1. The number of aromatic nitrogens is 2. The summed E-state index contributed by atoms with van der Waals surface area (Å²) in [7, 11) is 1.68. The predicted molar refractivity (Wildman–Crippen MR) is 63.2 cm³/mol. The second kappa shape index (κ2) is 3.97. The minimum absolute atomic E-state index is 0.236. The summed E-state index contributed by atoms with van der Waals surface area (Å²) in [6, 6.07) is 1.92. The monoisotopic (exact) mass is 237 g/mol. The summed E-state index contributed by atoms with van der Waals surface area (Å²) in [4.78, 5) is 29.1. The van der Waals surface area contributed by atoms with Crippen LogP contribution in [0, 0.1) is 6.92 Å². The summed E-state index contributed by atoms with van der Waals surface area (Å²) in [5.74, 6) is -0.236. The smallest absolute Gasteiger partial charge is 0.312 e. The van der Waals surface area contributed by atoms with E-state index in [1.807, 2.05) is 18.4 Å². The first-order chi connectivity index (χ1) is 7.58. The molecule has 84 valence electrons. The molecule has 0 atom stereocenters. The number of anilines is 1. The fourth-order valence-corrected chi connectivity index (χ4v) is 2.19.